The highest BCUT2D eigenvalue weighted by Crippen LogP contribution is 2.31. The summed E-state index contributed by atoms with van der Waals surface area (Å²) in [6.45, 7) is 4.76. The minimum atomic E-state index is -0.354. The molecule has 0 saturated heterocycles. The zero-order chi connectivity index (χ0) is 15.2. The van der Waals surface area contributed by atoms with Crippen molar-refractivity contribution in [2.24, 2.45) is 5.92 Å². The topological polar surface area (TPSA) is 45.4 Å². The van der Waals surface area contributed by atoms with E-state index in [2.05, 4.69) is 19.2 Å². The average Bonchev–Trinajstić information content (AvgIpc) is 3.13. The molecule has 0 bridgehead atoms. The number of halogens is 1. The van der Waals surface area contributed by atoms with E-state index >= 15 is 0 Å². The van der Waals surface area contributed by atoms with Gasteiger partial charge in [-0.25, -0.2) is 0 Å². The van der Waals surface area contributed by atoms with E-state index in [0.29, 0.717) is 12.5 Å². The molecule has 2 rings (SSSR count). The van der Waals surface area contributed by atoms with Gasteiger partial charge >= 0.3 is 0 Å². The van der Waals surface area contributed by atoms with Crippen molar-refractivity contribution in [3.8, 4) is 0 Å². The van der Waals surface area contributed by atoms with Crippen molar-refractivity contribution in [3.63, 3.8) is 0 Å². The third-order valence-electron chi connectivity index (χ3n) is 3.83. The molecule has 5 heteroatoms. The summed E-state index contributed by atoms with van der Waals surface area (Å²) in [7, 11) is 0. The van der Waals surface area contributed by atoms with Crippen LogP contribution in [0.4, 0.5) is 0 Å². The van der Waals surface area contributed by atoms with Gasteiger partial charge in [0.25, 0.3) is 0 Å². The predicted molar refractivity (Wildman–Crippen MR) is 88.0 cm³/mol. The molecule has 0 aliphatic heterocycles. The highest BCUT2D eigenvalue weighted by atomic mass is 35.5. The summed E-state index contributed by atoms with van der Waals surface area (Å²) >= 11 is 7.56. The normalized spacial score (nSPS) is 14.5. The molecule has 116 valence electrons. The number of furan rings is 1. The van der Waals surface area contributed by atoms with Crippen LogP contribution >= 0.6 is 22.9 Å². The van der Waals surface area contributed by atoms with E-state index in [1.54, 1.807) is 6.26 Å². The first kappa shape index (κ1) is 16.6. The van der Waals surface area contributed by atoms with Gasteiger partial charge < -0.3 is 14.8 Å². The van der Waals surface area contributed by atoms with E-state index in [1.165, 1.54) is 11.3 Å². The molecule has 2 N–H and O–H groups in total. The van der Waals surface area contributed by atoms with Gasteiger partial charge in [0.1, 0.15) is 11.8 Å². The van der Waals surface area contributed by atoms with Crippen molar-refractivity contribution in [1.82, 2.24) is 5.32 Å². The molecule has 0 amide bonds. The Morgan fingerprint density at radius 2 is 2.05 bits per heavy atom. The van der Waals surface area contributed by atoms with Gasteiger partial charge in [-0.15, -0.1) is 11.3 Å². The summed E-state index contributed by atoms with van der Waals surface area (Å²) < 4.78 is 6.28. The summed E-state index contributed by atoms with van der Waals surface area (Å²) in [6, 6.07) is 7.62. The number of thiophene rings is 1. The molecule has 0 radical (unpaired) electrons. The van der Waals surface area contributed by atoms with Crippen LogP contribution in [0, 0.1) is 5.92 Å². The van der Waals surface area contributed by atoms with Crippen LogP contribution < -0.4 is 5.32 Å². The molecule has 2 heterocycles. The third-order valence-corrected chi connectivity index (χ3v) is 5.13. The number of nitrogens with one attached hydrogen (secondary N) is 1. The lowest BCUT2D eigenvalue weighted by molar-refractivity contribution is 0.0989. The molecule has 0 spiro atoms. The van der Waals surface area contributed by atoms with Gasteiger partial charge in [-0.1, -0.05) is 38.3 Å². The fraction of sp³-hybridized carbons (Fsp3) is 0.500. The maximum atomic E-state index is 10.3. The van der Waals surface area contributed by atoms with Crippen LogP contribution in [0.1, 0.15) is 43.4 Å². The predicted octanol–water partition coefficient (Wildman–Crippen LogP) is 4.47. The van der Waals surface area contributed by atoms with Crippen LogP contribution in [-0.4, -0.2) is 17.8 Å². The minimum Gasteiger partial charge on any atom is -0.467 e. The van der Waals surface area contributed by atoms with E-state index in [0.717, 1.165) is 27.8 Å². The molecular formula is C16H22ClNO2S. The second-order valence-electron chi connectivity index (χ2n) is 5.14. The zero-order valence-electron chi connectivity index (χ0n) is 12.4. The van der Waals surface area contributed by atoms with Crippen molar-refractivity contribution in [2.45, 2.75) is 38.8 Å². The Labute approximate surface area is 134 Å². The maximum Gasteiger partial charge on any atom is 0.126 e. The first-order chi connectivity index (χ1) is 10.2. The van der Waals surface area contributed by atoms with Gasteiger partial charge in [-0.3, -0.25) is 0 Å². The highest BCUT2D eigenvalue weighted by molar-refractivity contribution is 7.16. The zero-order valence-corrected chi connectivity index (χ0v) is 14.0. The largest absolute Gasteiger partial charge is 0.467 e. The quantitative estimate of drug-likeness (QED) is 0.752. The Kier molecular flexibility index (Phi) is 6.30. The molecular weight excluding hydrogens is 306 g/mol. The number of aliphatic hydroxyl groups excluding tert-OH is 1. The molecule has 21 heavy (non-hydrogen) atoms. The van der Waals surface area contributed by atoms with Crippen molar-refractivity contribution in [1.29, 1.82) is 0 Å². The molecule has 3 nitrogen and oxygen atoms in total. The fourth-order valence-electron chi connectivity index (χ4n) is 2.52. The highest BCUT2D eigenvalue weighted by Gasteiger charge is 2.22. The molecule has 2 aromatic heterocycles. The summed E-state index contributed by atoms with van der Waals surface area (Å²) in [5.41, 5.74) is 0. The molecule has 0 saturated carbocycles. The Morgan fingerprint density at radius 3 is 2.57 bits per heavy atom. The first-order valence-corrected chi connectivity index (χ1v) is 8.55. The SMILES string of the molecule is CCC(CC)C(O)CNC(c1ccco1)c1ccc(Cl)s1. The molecule has 0 aromatic carbocycles. The molecule has 0 fully saturated rings. The summed E-state index contributed by atoms with van der Waals surface area (Å²) in [6.07, 6.45) is 3.27. The lowest BCUT2D eigenvalue weighted by atomic mass is 9.96. The smallest absolute Gasteiger partial charge is 0.126 e. The van der Waals surface area contributed by atoms with Gasteiger partial charge in [0.15, 0.2) is 0 Å². The van der Waals surface area contributed by atoms with Crippen LogP contribution in [0.2, 0.25) is 4.34 Å². The summed E-state index contributed by atoms with van der Waals surface area (Å²) in [5, 5.41) is 13.7. The Hall–Kier alpha value is -0.810. The second kappa shape index (κ2) is 7.99. The second-order valence-corrected chi connectivity index (χ2v) is 6.89. The monoisotopic (exact) mass is 327 g/mol. The van der Waals surface area contributed by atoms with Crippen molar-refractivity contribution in [3.05, 3.63) is 45.5 Å². The van der Waals surface area contributed by atoms with E-state index in [1.807, 2.05) is 24.3 Å². The Bertz CT molecular complexity index is 522. The molecule has 2 atom stereocenters. The first-order valence-electron chi connectivity index (χ1n) is 7.35. The lowest BCUT2D eigenvalue weighted by Crippen LogP contribution is -2.34. The molecule has 0 aliphatic carbocycles. The number of aliphatic hydroxyl groups is 1. The average molecular weight is 328 g/mol. The minimum absolute atomic E-state index is 0.0680. The van der Waals surface area contributed by atoms with Crippen LogP contribution in [0.5, 0.6) is 0 Å². The Morgan fingerprint density at radius 1 is 1.29 bits per heavy atom. The van der Waals surface area contributed by atoms with E-state index < -0.39 is 0 Å². The van der Waals surface area contributed by atoms with Crippen LogP contribution in [0.25, 0.3) is 0 Å². The van der Waals surface area contributed by atoms with Crippen molar-refractivity contribution >= 4 is 22.9 Å². The lowest BCUT2D eigenvalue weighted by Gasteiger charge is -2.23. The van der Waals surface area contributed by atoms with Gasteiger partial charge in [-0.2, -0.15) is 0 Å². The van der Waals surface area contributed by atoms with Crippen LogP contribution in [0.15, 0.2) is 34.9 Å². The van der Waals surface area contributed by atoms with Crippen molar-refractivity contribution < 1.29 is 9.52 Å². The van der Waals surface area contributed by atoms with Crippen LogP contribution in [0.3, 0.4) is 0 Å². The summed E-state index contributed by atoms with van der Waals surface area (Å²) in [4.78, 5) is 1.09. The van der Waals surface area contributed by atoms with Gasteiger partial charge in [-0.05, 0) is 30.2 Å². The van der Waals surface area contributed by atoms with Gasteiger partial charge in [0.2, 0.25) is 0 Å². The Balaban J connectivity index is 2.07. The van der Waals surface area contributed by atoms with E-state index in [-0.39, 0.29) is 12.1 Å². The number of rotatable bonds is 8. The van der Waals surface area contributed by atoms with Crippen molar-refractivity contribution in [2.75, 3.05) is 6.54 Å². The summed E-state index contributed by atoms with van der Waals surface area (Å²) in [5.74, 6) is 1.16. The fourth-order valence-corrected chi connectivity index (χ4v) is 3.66. The van der Waals surface area contributed by atoms with E-state index in [4.69, 9.17) is 16.0 Å². The number of hydrogen-bond donors (Lipinski definition) is 2. The molecule has 0 aliphatic rings. The molecule has 2 aromatic rings. The third kappa shape index (κ3) is 4.33. The van der Waals surface area contributed by atoms with E-state index in [9.17, 15) is 5.11 Å². The van der Waals surface area contributed by atoms with Gasteiger partial charge in [0.05, 0.1) is 16.7 Å². The maximum absolute atomic E-state index is 10.3. The molecule has 2 unspecified atom stereocenters. The number of hydrogen-bond acceptors (Lipinski definition) is 4. The standard InChI is InChI=1S/C16H22ClNO2S/c1-3-11(4-2)12(19)10-18-16(13-6-5-9-20-13)14-7-8-15(17)21-14/h5-9,11-12,16,18-19H,3-4,10H2,1-2H3. The van der Waals surface area contributed by atoms with Crippen LogP contribution in [-0.2, 0) is 0 Å². The van der Waals surface area contributed by atoms with Gasteiger partial charge in [0, 0.05) is 11.4 Å².